The van der Waals surface area contributed by atoms with E-state index >= 15 is 0 Å². The van der Waals surface area contributed by atoms with Gasteiger partial charge in [0.15, 0.2) is 0 Å². The fourth-order valence-corrected chi connectivity index (χ4v) is 1.71. The average Bonchev–Trinajstić information content (AvgIpc) is 2.23. The van der Waals surface area contributed by atoms with Crippen molar-refractivity contribution in [3.63, 3.8) is 0 Å². The summed E-state index contributed by atoms with van der Waals surface area (Å²) in [4.78, 5) is 2.21. The molecule has 0 amide bonds. The van der Waals surface area contributed by atoms with Gasteiger partial charge in [-0.3, -0.25) is 0 Å². The minimum Gasteiger partial charge on any atom is -0.310 e. The van der Waals surface area contributed by atoms with Crippen LogP contribution in [-0.4, -0.2) is 31.6 Å². The van der Waals surface area contributed by atoms with Crippen LogP contribution in [0.2, 0.25) is 5.02 Å². The highest BCUT2D eigenvalue weighted by Gasteiger charge is 2.02. The molecule has 0 radical (unpaired) electrons. The van der Waals surface area contributed by atoms with Crippen LogP contribution < -0.4 is 5.32 Å². The maximum absolute atomic E-state index is 5.93. The Morgan fingerprint density at radius 1 is 1.38 bits per heavy atom. The largest absolute Gasteiger partial charge is 0.310 e. The maximum Gasteiger partial charge on any atom is 0.0409 e. The summed E-state index contributed by atoms with van der Waals surface area (Å²) in [5, 5.41) is 4.30. The van der Waals surface area contributed by atoms with Gasteiger partial charge in [-0.2, -0.15) is 0 Å². The van der Waals surface area contributed by atoms with E-state index in [0.29, 0.717) is 6.04 Å². The van der Waals surface area contributed by atoms with Crippen LogP contribution in [0.1, 0.15) is 18.9 Å². The number of hydrogen-bond acceptors (Lipinski definition) is 2. The summed E-state index contributed by atoms with van der Waals surface area (Å²) >= 11 is 5.93. The number of halogens is 1. The van der Waals surface area contributed by atoms with Gasteiger partial charge in [0.25, 0.3) is 0 Å². The predicted molar refractivity (Wildman–Crippen MR) is 70.9 cm³/mol. The second kappa shape index (κ2) is 6.89. The van der Waals surface area contributed by atoms with Crippen LogP contribution in [0.4, 0.5) is 0 Å². The molecule has 1 rings (SSSR count). The second-order valence-corrected chi connectivity index (χ2v) is 4.94. The normalized spacial score (nSPS) is 13.1. The van der Waals surface area contributed by atoms with Crippen molar-refractivity contribution in [3.8, 4) is 0 Å². The molecule has 1 N–H and O–H groups in total. The van der Waals surface area contributed by atoms with Crippen molar-refractivity contribution in [2.75, 3.05) is 20.6 Å². The van der Waals surface area contributed by atoms with E-state index in [0.717, 1.165) is 24.5 Å². The van der Waals surface area contributed by atoms with Gasteiger partial charge in [-0.15, -0.1) is 0 Å². The van der Waals surface area contributed by atoms with Gasteiger partial charge >= 0.3 is 0 Å². The highest BCUT2D eigenvalue weighted by molar-refractivity contribution is 6.30. The summed E-state index contributed by atoms with van der Waals surface area (Å²) < 4.78 is 0. The van der Waals surface area contributed by atoms with Crippen molar-refractivity contribution in [3.05, 3.63) is 34.9 Å². The zero-order valence-electron chi connectivity index (χ0n) is 10.3. The Morgan fingerprint density at radius 3 is 2.75 bits per heavy atom. The Kier molecular flexibility index (Phi) is 5.81. The van der Waals surface area contributed by atoms with Crippen LogP contribution in [0.5, 0.6) is 0 Å². The Bertz CT molecular complexity index is 313. The monoisotopic (exact) mass is 240 g/mol. The number of nitrogens with zero attached hydrogens (tertiary/aromatic N) is 1. The third-order valence-corrected chi connectivity index (χ3v) is 2.79. The molecular weight excluding hydrogens is 220 g/mol. The minimum absolute atomic E-state index is 0.529. The summed E-state index contributed by atoms with van der Waals surface area (Å²) in [5.41, 5.74) is 1.24. The van der Waals surface area contributed by atoms with Gasteiger partial charge < -0.3 is 10.2 Å². The van der Waals surface area contributed by atoms with Gasteiger partial charge in [-0.25, -0.2) is 0 Å². The molecule has 0 saturated carbocycles. The molecule has 0 aliphatic heterocycles. The second-order valence-electron chi connectivity index (χ2n) is 4.50. The quantitative estimate of drug-likeness (QED) is 0.823. The van der Waals surface area contributed by atoms with Crippen molar-refractivity contribution in [1.29, 1.82) is 0 Å². The fraction of sp³-hybridized carbons (Fsp3) is 0.538. The Balaban J connectivity index is 2.28. The van der Waals surface area contributed by atoms with Gasteiger partial charge in [0.1, 0.15) is 0 Å². The summed E-state index contributed by atoms with van der Waals surface area (Å²) in [7, 11) is 4.20. The third-order valence-electron chi connectivity index (χ3n) is 2.55. The van der Waals surface area contributed by atoms with E-state index in [4.69, 9.17) is 11.6 Å². The first kappa shape index (κ1) is 13.5. The molecule has 0 aromatic heterocycles. The van der Waals surface area contributed by atoms with E-state index in [1.54, 1.807) is 0 Å². The van der Waals surface area contributed by atoms with Crippen LogP contribution >= 0.6 is 11.6 Å². The molecule has 1 unspecified atom stereocenters. The van der Waals surface area contributed by atoms with Crippen LogP contribution in [0, 0.1) is 0 Å². The molecule has 0 heterocycles. The highest BCUT2D eigenvalue weighted by Crippen LogP contribution is 2.10. The molecule has 2 nitrogen and oxygen atoms in total. The Labute approximate surface area is 104 Å². The van der Waals surface area contributed by atoms with Gasteiger partial charge in [-0.05, 0) is 51.7 Å². The zero-order chi connectivity index (χ0) is 12.0. The van der Waals surface area contributed by atoms with E-state index in [-0.39, 0.29) is 0 Å². The smallest absolute Gasteiger partial charge is 0.0409 e. The van der Waals surface area contributed by atoms with Crippen molar-refractivity contribution >= 4 is 11.6 Å². The maximum atomic E-state index is 5.93. The van der Waals surface area contributed by atoms with Crippen molar-refractivity contribution < 1.29 is 0 Å². The molecule has 0 aliphatic rings. The zero-order valence-corrected chi connectivity index (χ0v) is 11.1. The van der Waals surface area contributed by atoms with Gasteiger partial charge in [0.05, 0.1) is 0 Å². The molecule has 1 aromatic carbocycles. The average molecular weight is 241 g/mol. The lowest BCUT2D eigenvalue weighted by molar-refractivity contribution is 0.365. The van der Waals surface area contributed by atoms with Crippen molar-refractivity contribution in [2.24, 2.45) is 0 Å². The molecule has 90 valence electrons. The van der Waals surface area contributed by atoms with E-state index in [9.17, 15) is 0 Å². The van der Waals surface area contributed by atoms with Crippen molar-refractivity contribution in [1.82, 2.24) is 10.2 Å². The van der Waals surface area contributed by atoms with Gasteiger partial charge in [-0.1, -0.05) is 23.7 Å². The fourth-order valence-electron chi connectivity index (χ4n) is 1.49. The highest BCUT2D eigenvalue weighted by atomic mass is 35.5. The SMILES string of the molecule is CC(CCN(C)C)NCc1cccc(Cl)c1. The lowest BCUT2D eigenvalue weighted by Crippen LogP contribution is -2.29. The summed E-state index contributed by atoms with van der Waals surface area (Å²) in [6.07, 6.45) is 1.16. The molecule has 3 heteroatoms. The summed E-state index contributed by atoms with van der Waals surface area (Å²) in [6, 6.07) is 8.52. The van der Waals surface area contributed by atoms with Crippen LogP contribution in [0.15, 0.2) is 24.3 Å². The topological polar surface area (TPSA) is 15.3 Å². The lowest BCUT2D eigenvalue weighted by atomic mass is 10.2. The molecule has 0 fully saturated rings. The molecule has 0 saturated heterocycles. The molecule has 16 heavy (non-hydrogen) atoms. The molecule has 0 spiro atoms. The Morgan fingerprint density at radius 2 is 2.12 bits per heavy atom. The van der Waals surface area contributed by atoms with Crippen LogP contribution in [0.25, 0.3) is 0 Å². The van der Waals surface area contributed by atoms with E-state index in [2.05, 4.69) is 37.3 Å². The molecule has 1 aromatic rings. The first-order chi connectivity index (χ1) is 7.58. The number of nitrogens with one attached hydrogen (secondary N) is 1. The van der Waals surface area contributed by atoms with Crippen LogP contribution in [-0.2, 0) is 6.54 Å². The first-order valence-corrected chi connectivity index (χ1v) is 6.08. The molecule has 1 atom stereocenters. The molecule has 0 bridgehead atoms. The van der Waals surface area contributed by atoms with Crippen LogP contribution in [0.3, 0.4) is 0 Å². The third kappa shape index (κ3) is 5.50. The lowest BCUT2D eigenvalue weighted by Gasteiger charge is -2.16. The Hall–Kier alpha value is -0.570. The predicted octanol–water partition coefficient (Wildman–Crippen LogP) is 2.77. The number of hydrogen-bond donors (Lipinski definition) is 1. The number of rotatable bonds is 6. The van der Waals surface area contributed by atoms with Gasteiger partial charge in [0, 0.05) is 17.6 Å². The van der Waals surface area contributed by atoms with Gasteiger partial charge in [0.2, 0.25) is 0 Å². The van der Waals surface area contributed by atoms with E-state index in [1.807, 2.05) is 18.2 Å². The van der Waals surface area contributed by atoms with E-state index in [1.165, 1.54) is 5.56 Å². The van der Waals surface area contributed by atoms with E-state index < -0.39 is 0 Å². The minimum atomic E-state index is 0.529. The summed E-state index contributed by atoms with van der Waals surface area (Å²) in [6.45, 7) is 4.22. The molecular formula is C13H21ClN2. The van der Waals surface area contributed by atoms with Crippen molar-refractivity contribution in [2.45, 2.75) is 25.9 Å². The standard InChI is InChI=1S/C13H21ClN2/c1-11(7-8-16(2)3)15-10-12-5-4-6-13(14)9-12/h4-6,9,11,15H,7-8,10H2,1-3H3. The molecule has 0 aliphatic carbocycles. The number of benzene rings is 1. The first-order valence-electron chi connectivity index (χ1n) is 5.70. The summed E-state index contributed by atoms with van der Waals surface area (Å²) in [5.74, 6) is 0.